The first-order chi connectivity index (χ1) is 14.1. The quantitative estimate of drug-likeness (QED) is 0.370. The van der Waals surface area contributed by atoms with Crippen LogP contribution in [-0.2, 0) is 17.7 Å². The number of alkyl carbamates (subject to hydrolysis) is 1. The SMILES string of the molecule is CCn1cc(C(=O)O)c(=O)c2cc(CCCNCCNC(=O)OC(C)(C)C)ccc21.[H-].[Na+]. The van der Waals surface area contributed by atoms with Crippen LogP contribution in [0.5, 0.6) is 0 Å². The van der Waals surface area contributed by atoms with Crippen molar-refractivity contribution in [1.82, 2.24) is 15.2 Å². The van der Waals surface area contributed by atoms with Gasteiger partial charge in [-0.05, 0) is 64.8 Å². The van der Waals surface area contributed by atoms with Crippen LogP contribution in [0.2, 0.25) is 0 Å². The first-order valence-electron chi connectivity index (χ1n) is 10.2. The summed E-state index contributed by atoms with van der Waals surface area (Å²) >= 11 is 0. The molecule has 0 aliphatic rings. The number of carboxylic acid groups (broad SMARTS) is 1. The average Bonchev–Trinajstić information content (AvgIpc) is 2.66. The van der Waals surface area contributed by atoms with Gasteiger partial charge in [-0.1, -0.05) is 6.07 Å². The normalized spacial score (nSPS) is 11.1. The molecule has 1 aromatic carbocycles. The maximum absolute atomic E-state index is 12.5. The summed E-state index contributed by atoms with van der Waals surface area (Å²) in [6, 6.07) is 5.64. The van der Waals surface area contributed by atoms with Gasteiger partial charge in [-0.15, -0.1) is 0 Å². The minimum Gasteiger partial charge on any atom is -1.00 e. The van der Waals surface area contributed by atoms with Gasteiger partial charge in [0, 0.05) is 31.2 Å². The number of carbonyl (C=O) groups is 2. The minimum absolute atomic E-state index is 0. The van der Waals surface area contributed by atoms with Crippen molar-refractivity contribution in [3.05, 3.63) is 45.7 Å². The molecule has 0 aliphatic heterocycles. The van der Waals surface area contributed by atoms with Crippen molar-refractivity contribution in [3.8, 4) is 0 Å². The number of hydrogen-bond donors (Lipinski definition) is 3. The summed E-state index contributed by atoms with van der Waals surface area (Å²) in [7, 11) is 0. The summed E-state index contributed by atoms with van der Waals surface area (Å²) in [5, 5.41) is 15.7. The van der Waals surface area contributed by atoms with E-state index < -0.39 is 23.1 Å². The molecule has 0 bridgehead atoms. The van der Waals surface area contributed by atoms with Crippen LogP contribution in [0.4, 0.5) is 4.79 Å². The summed E-state index contributed by atoms with van der Waals surface area (Å²) in [5.74, 6) is -1.21. The third-order valence-corrected chi connectivity index (χ3v) is 4.50. The van der Waals surface area contributed by atoms with Crippen LogP contribution in [0, 0.1) is 0 Å². The first-order valence-corrected chi connectivity index (χ1v) is 10.2. The van der Waals surface area contributed by atoms with Crippen molar-refractivity contribution >= 4 is 23.0 Å². The van der Waals surface area contributed by atoms with E-state index in [4.69, 9.17) is 4.74 Å². The van der Waals surface area contributed by atoms with Crippen molar-refractivity contribution in [3.63, 3.8) is 0 Å². The molecule has 9 heteroatoms. The summed E-state index contributed by atoms with van der Waals surface area (Å²) in [5.41, 5.74) is 0.556. The standard InChI is InChI=1S/C22H31N3O5.Na.H/c1-5-25-14-17(20(27)28)19(26)16-13-15(8-9-18(16)25)7-6-10-23-11-12-24-21(29)30-22(2,3)4;;/h8-9,13-14,23H,5-7,10-12H2,1-4H3,(H,24,29)(H,27,28);;/q;+1;-1. The number of carbonyl (C=O) groups excluding carboxylic acids is 1. The number of amides is 1. The number of nitrogens with zero attached hydrogens (tertiary/aromatic N) is 1. The fourth-order valence-electron chi connectivity index (χ4n) is 3.12. The molecule has 1 aromatic heterocycles. The maximum Gasteiger partial charge on any atom is 1.00 e. The Kier molecular flexibility index (Phi) is 10.7. The van der Waals surface area contributed by atoms with E-state index in [1.807, 2.05) is 39.8 Å². The zero-order valence-corrected chi connectivity index (χ0v) is 21.1. The molecule has 8 nitrogen and oxygen atoms in total. The molecule has 1 heterocycles. The number of aromatic carboxylic acids is 1. The van der Waals surface area contributed by atoms with Gasteiger partial charge in [-0.25, -0.2) is 9.59 Å². The van der Waals surface area contributed by atoms with Gasteiger partial charge in [0.25, 0.3) is 0 Å². The Bertz CT molecular complexity index is 972. The van der Waals surface area contributed by atoms with Crippen molar-refractivity contribution in [2.24, 2.45) is 0 Å². The Morgan fingerprint density at radius 1 is 1.19 bits per heavy atom. The van der Waals surface area contributed by atoms with Crippen molar-refractivity contribution < 1.29 is 50.4 Å². The zero-order chi connectivity index (χ0) is 22.3. The predicted octanol–water partition coefficient (Wildman–Crippen LogP) is -0.117. The molecule has 0 saturated heterocycles. The minimum atomic E-state index is -1.21. The predicted molar refractivity (Wildman–Crippen MR) is 117 cm³/mol. The molecule has 0 atom stereocenters. The third-order valence-electron chi connectivity index (χ3n) is 4.50. The molecule has 0 spiro atoms. The molecule has 0 fully saturated rings. The maximum atomic E-state index is 12.5. The Labute approximate surface area is 206 Å². The van der Waals surface area contributed by atoms with Crippen LogP contribution < -0.4 is 45.6 Å². The molecular weight excluding hydrogens is 409 g/mol. The van der Waals surface area contributed by atoms with E-state index in [9.17, 15) is 19.5 Å². The fraction of sp³-hybridized carbons (Fsp3) is 0.500. The Morgan fingerprint density at radius 3 is 2.52 bits per heavy atom. The van der Waals surface area contributed by atoms with Crippen LogP contribution in [-0.4, -0.2) is 47.0 Å². The van der Waals surface area contributed by atoms with Gasteiger partial charge in [0.2, 0.25) is 5.43 Å². The number of pyridine rings is 1. The van der Waals surface area contributed by atoms with Crippen molar-refractivity contribution in [2.75, 3.05) is 19.6 Å². The Balaban J connectivity index is 0.00000480. The largest absolute Gasteiger partial charge is 1.00 e. The number of aromatic nitrogens is 1. The van der Waals surface area contributed by atoms with Gasteiger partial charge in [0.15, 0.2) is 0 Å². The number of ether oxygens (including phenoxy) is 1. The molecule has 1 amide bonds. The van der Waals surface area contributed by atoms with E-state index in [0.29, 0.717) is 25.0 Å². The van der Waals surface area contributed by atoms with Gasteiger partial charge < -0.3 is 26.5 Å². The number of benzene rings is 1. The molecule has 0 unspecified atom stereocenters. The Morgan fingerprint density at radius 2 is 1.90 bits per heavy atom. The molecule has 166 valence electrons. The molecule has 2 aromatic rings. The van der Waals surface area contributed by atoms with E-state index in [0.717, 1.165) is 30.5 Å². The van der Waals surface area contributed by atoms with E-state index in [1.54, 1.807) is 10.6 Å². The second-order valence-corrected chi connectivity index (χ2v) is 8.10. The van der Waals surface area contributed by atoms with Gasteiger partial charge >= 0.3 is 41.6 Å². The molecule has 2 rings (SSSR count). The average molecular weight is 442 g/mol. The summed E-state index contributed by atoms with van der Waals surface area (Å²) in [6.07, 6.45) is 2.57. The molecule has 31 heavy (non-hydrogen) atoms. The van der Waals surface area contributed by atoms with Crippen LogP contribution >= 0.6 is 0 Å². The number of hydrogen-bond acceptors (Lipinski definition) is 5. The van der Waals surface area contributed by atoms with Crippen LogP contribution in [0.25, 0.3) is 10.9 Å². The molecule has 0 radical (unpaired) electrons. The van der Waals surface area contributed by atoms with Crippen LogP contribution in [0.15, 0.2) is 29.2 Å². The van der Waals surface area contributed by atoms with Crippen LogP contribution in [0.3, 0.4) is 0 Å². The number of nitrogens with one attached hydrogen (secondary N) is 2. The number of rotatable bonds is 9. The molecule has 3 N–H and O–H groups in total. The van der Waals surface area contributed by atoms with E-state index in [-0.39, 0.29) is 36.5 Å². The van der Waals surface area contributed by atoms with Gasteiger partial charge in [0.1, 0.15) is 11.2 Å². The number of aryl methyl sites for hydroxylation is 2. The summed E-state index contributed by atoms with van der Waals surface area (Å²) in [4.78, 5) is 35.5. The van der Waals surface area contributed by atoms with Gasteiger partial charge in [-0.2, -0.15) is 0 Å². The topological polar surface area (TPSA) is 110 Å². The summed E-state index contributed by atoms with van der Waals surface area (Å²) < 4.78 is 6.95. The zero-order valence-electron chi connectivity index (χ0n) is 20.1. The second-order valence-electron chi connectivity index (χ2n) is 8.10. The van der Waals surface area contributed by atoms with Gasteiger partial charge in [0.05, 0.1) is 5.52 Å². The van der Waals surface area contributed by atoms with Crippen molar-refractivity contribution in [1.29, 1.82) is 0 Å². The van der Waals surface area contributed by atoms with E-state index in [2.05, 4.69) is 10.6 Å². The van der Waals surface area contributed by atoms with Crippen LogP contribution in [0.1, 0.15) is 51.5 Å². The van der Waals surface area contributed by atoms with E-state index in [1.165, 1.54) is 6.20 Å². The molecular formula is C22H32N3NaO5. The van der Waals surface area contributed by atoms with Crippen molar-refractivity contribution in [2.45, 2.75) is 52.7 Å². The third kappa shape index (κ3) is 8.29. The Hall–Kier alpha value is -1.87. The fourth-order valence-corrected chi connectivity index (χ4v) is 3.12. The van der Waals surface area contributed by atoms with Gasteiger partial charge in [-0.3, -0.25) is 4.79 Å². The molecule has 0 aliphatic carbocycles. The monoisotopic (exact) mass is 441 g/mol. The van der Waals surface area contributed by atoms with E-state index >= 15 is 0 Å². The number of carboxylic acids is 1. The second kappa shape index (κ2) is 12.2. The molecule has 0 saturated carbocycles. The first kappa shape index (κ1) is 27.2. The number of fused-ring (bicyclic) bond motifs is 1. The summed E-state index contributed by atoms with van der Waals surface area (Å²) in [6.45, 7) is 9.79. The smallest absolute Gasteiger partial charge is 1.00 e.